The normalized spacial score (nSPS) is 22.2. The lowest BCUT2D eigenvalue weighted by atomic mass is 9.80. The summed E-state index contributed by atoms with van der Waals surface area (Å²) in [5.41, 5.74) is 4.57. The summed E-state index contributed by atoms with van der Waals surface area (Å²) in [5.74, 6) is -1.94. The molecule has 4 N–H and O–H groups in total. The Balaban J connectivity index is 2.50. The number of aliphatic carboxylic acids is 1. The first-order chi connectivity index (χ1) is 9.21. The van der Waals surface area contributed by atoms with Crippen LogP contribution in [0.3, 0.4) is 0 Å². The Morgan fingerprint density at radius 1 is 1.35 bits per heavy atom. The van der Waals surface area contributed by atoms with E-state index in [0.29, 0.717) is 12.3 Å². The quantitative estimate of drug-likeness (QED) is 0.618. The van der Waals surface area contributed by atoms with E-state index in [1.807, 2.05) is 0 Å². The zero-order valence-electron chi connectivity index (χ0n) is 12.5. The Labute approximate surface area is 121 Å². The average Bonchev–Trinajstić information content (AvgIpc) is 2.34. The van der Waals surface area contributed by atoms with E-state index in [1.165, 1.54) is 33.1 Å². The molecule has 0 spiro atoms. The zero-order valence-corrected chi connectivity index (χ0v) is 12.5. The van der Waals surface area contributed by atoms with Gasteiger partial charge < -0.3 is 25.8 Å². The van der Waals surface area contributed by atoms with Crippen molar-refractivity contribution >= 4 is 5.97 Å². The van der Waals surface area contributed by atoms with Crippen LogP contribution in [0.25, 0.3) is 0 Å². The molecular weight excluding hydrogens is 258 g/mol. The molecule has 5 heteroatoms. The van der Waals surface area contributed by atoms with E-state index in [4.69, 9.17) is 5.73 Å². The maximum Gasteiger partial charge on any atom is 0.0698 e. The Morgan fingerprint density at radius 3 is 2.35 bits per heavy atom. The van der Waals surface area contributed by atoms with E-state index in [-0.39, 0.29) is 6.42 Å². The van der Waals surface area contributed by atoms with Crippen molar-refractivity contribution in [2.45, 2.75) is 76.5 Å². The van der Waals surface area contributed by atoms with Crippen molar-refractivity contribution in [3.63, 3.8) is 0 Å². The van der Waals surface area contributed by atoms with Crippen LogP contribution < -0.4 is 10.8 Å². The number of aliphatic hydroxyl groups is 2. The van der Waals surface area contributed by atoms with Crippen molar-refractivity contribution in [2.24, 2.45) is 17.6 Å². The van der Waals surface area contributed by atoms with Crippen LogP contribution in [0.2, 0.25) is 0 Å². The number of hydrogen-bond donors (Lipinski definition) is 3. The molecule has 0 unspecified atom stereocenters. The molecule has 1 rings (SSSR count). The fraction of sp³-hybridized carbons (Fsp3) is 0.933. The molecule has 0 radical (unpaired) electrons. The van der Waals surface area contributed by atoms with Gasteiger partial charge in [-0.15, -0.1) is 0 Å². The number of nitrogens with two attached hydrogens (primary N) is 1. The first-order valence-electron chi connectivity index (χ1n) is 7.58. The van der Waals surface area contributed by atoms with E-state index >= 15 is 0 Å². The molecular formula is C15H28NO4-. The molecule has 0 aromatic carbocycles. The molecule has 0 saturated heterocycles. The molecule has 0 bridgehead atoms. The van der Waals surface area contributed by atoms with Gasteiger partial charge in [0.15, 0.2) is 0 Å². The highest BCUT2D eigenvalue weighted by atomic mass is 16.4. The summed E-state index contributed by atoms with van der Waals surface area (Å²) < 4.78 is 0. The number of rotatable bonds is 7. The van der Waals surface area contributed by atoms with E-state index in [0.717, 1.165) is 12.8 Å². The van der Waals surface area contributed by atoms with Crippen molar-refractivity contribution in [3.05, 3.63) is 0 Å². The third-order valence-corrected chi connectivity index (χ3v) is 4.44. The average molecular weight is 286 g/mol. The van der Waals surface area contributed by atoms with Crippen LogP contribution in [0.5, 0.6) is 0 Å². The van der Waals surface area contributed by atoms with Crippen molar-refractivity contribution in [1.29, 1.82) is 0 Å². The van der Waals surface area contributed by atoms with Gasteiger partial charge >= 0.3 is 0 Å². The lowest BCUT2D eigenvalue weighted by Crippen LogP contribution is -2.48. The summed E-state index contributed by atoms with van der Waals surface area (Å²) in [6.45, 7) is 2.82. The van der Waals surface area contributed by atoms with Crippen LogP contribution in [-0.4, -0.2) is 33.9 Å². The van der Waals surface area contributed by atoms with Gasteiger partial charge in [0.1, 0.15) is 0 Å². The number of carboxylic acids is 1. The molecule has 118 valence electrons. The minimum atomic E-state index is -1.43. The van der Waals surface area contributed by atoms with Gasteiger partial charge in [-0.05, 0) is 32.6 Å². The minimum Gasteiger partial charge on any atom is -0.550 e. The fourth-order valence-electron chi connectivity index (χ4n) is 3.05. The van der Waals surface area contributed by atoms with Crippen LogP contribution in [0, 0.1) is 11.8 Å². The predicted molar refractivity (Wildman–Crippen MR) is 74.6 cm³/mol. The van der Waals surface area contributed by atoms with Gasteiger partial charge in [-0.1, -0.05) is 32.1 Å². The highest BCUT2D eigenvalue weighted by molar-refractivity contribution is 5.69. The molecule has 5 nitrogen and oxygen atoms in total. The summed E-state index contributed by atoms with van der Waals surface area (Å²) in [7, 11) is 0. The number of hydrogen-bond acceptors (Lipinski definition) is 5. The molecule has 0 aromatic heterocycles. The van der Waals surface area contributed by atoms with E-state index < -0.39 is 29.6 Å². The van der Waals surface area contributed by atoms with Crippen molar-refractivity contribution in [1.82, 2.24) is 0 Å². The first-order valence-corrected chi connectivity index (χ1v) is 7.58. The number of aliphatic hydroxyl groups excluding tert-OH is 1. The predicted octanol–water partition coefficient (Wildman–Crippen LogP) is 0.172. The van der Waals surface area contributed by atoms with E-state index in [1.54, 1.807) is 0 Å². The molecule has 0 heterocycles. The highest BCUT2D eigenvalue weighted by Gasteiger charge is 2.32. The standard InChI is InChI=1S/C15H29NO4/c1-15(2,20)11(14(18)19)9-13(17)12(16)8-10-6-4-3-5-7-10/h10-13,17,20H,3-9,16H2,1-2H3,(H,18,19)/p-1/t11-,12+,13+/m1/s1. The highest BCUT2D eigenvalue weighted by Crippen LogP contribution is 2.29. The molecule has 0 aliphatic heterocycles. The number of carbonyl (C=O) groups is 1. The first kappa shape index (κ1) is 17.4. The Hall–Kier alpha value is -0.650. The van der Waals surface area contributed by atoms with Crippen LogP contribution >= 0.6 is 0 Å². The smallest absolute Gasteiger partial charge is 0.0698 e. The second kappa shape index (κ2) is 7.38. The third-order valence-electron chi connectivity index (χ3n) is 4.44. The topological polar surface area (TPSA) is 107 Å². The summed E-state index contributed by atoms with van der Waals surface area (Å²) in [4.78, 5) is 11.1. The summed E-state index contributed by atoms with van der Waals surface area (Å²) in [5, 5.41) is 31.0. The van der Waals surface area contributed by atoms with Gasteiger partial charge in [0, 0.05) is 17.9 Å². The Bertz CT molecular complexity index is 307. The maximum atomic E-state index is 11.1. The Morgan fingerprint density at radius 2 is 1.90 bits per heavy atom. The van der Waals surface area contributed by atoms with Crippen molar-refractivity contribution in [2.75, 3.05) is 0 Å². The summed E-state index contributed by atoms with van der Waals surface area (Å²) in [6.07, 6.45) is 5.67. The van der Waals surface area contributed by atoms with E-state index in [9.17, 15) is 20.1 Å². The summed E-state index contributed by atoms with van der Waals surface area (Å²) in [6, 6.07) is -0.442. The van der Waals surface area contributed by atoms with Gasteiger partial charge in [-0.2, -0.15) is 0 Å². The van der Waals surface area contributed by atoms with Gasteiger partial charge in [0.2, 0.25) is 0 Å². The van der Waals surface area contributed by atoms with Crippen LogP contribution in [-0.2, 0) is 4.79 Å². The van der Waals surface area contributed by atoms with E-state index in [2.05, 4.69) is 0 Å². The molecule has 0 aromatic rings. The second-order valence-electron chi connectivity index (χ2n) is 6.73. The molecule has 20 heavy (non-hydrogen) atoms. The third kappa shape index (κ3) is 5.38. The van der Waals surface area contributed by atoms with Gasteiger partial charge in [0.05, 0.1) is 11.7 Å². The summed E-state index contributed by atoms with van der Waals surface area (Å²) >= 11 is 0. The van der Waals surface area contributed by atoms with Crippen molar-refractivity contribution < 1.29 is 20.1 Å². The van der Waals surface area contributed by atoms with Gasteiger partial charge in [0.25, 0.3) is 0 Å². The molecule has 1 saturated carbocycles. The zero-order chi connectivity index (χ0) is 15.3. The lowest BCUT2D eigenvalue weighted by Gasteiger charge is -2.34. The Kier molecular flexibility index (Phi) is 6.43. The SMILES string of the molecule is CC(C)(O)[C@H](C[C@H](O)[C@@H](N)CC1CCCCC1)C(=O)[O-]. The van der Waals surface area contributed by atoms with Gasteiger partial charge in [-0.3, -0.25) is 0 Å². The second-order valence-corrected chi connectivity index (χ2v) is 6.73. The number of carbonyl (C=O) groups excluding carboxylic acids is 1. The van der Waals surface area contributed by atoms with Crippen molar-refractivity contribution in [3.8, 4) is 0 Å². The molecule has 0 amide bonds. The monoisotopic (exact) mass is 286 g/mol. The molecule has 1 fully saturated rings. The van der Waals surface area contributed by atoms with Crippen LogP contribution in [0.4, 0.5) is 0 Å². The molecule has 1 aliphatic rings. The van der Waals surface area contributed by atoms with Crippen LogP contribution in [0.1, 0.15) is 58.8 Å². The minimum absolute atomic E-state index is 0.0697. The maximum absolute atomic E-state index is 11.1. The lowest BCUT2D eigenvalue weighted by molar-refractivity contribution is -0.317. The molecule has 3 atom stereocenters. The fourth-order valence-corrected chi connectivity index (χ4v) is 3.05. The number of carboxylic acid groups (broad SMARTS) is 1. The van der Waals surface area contributed by atoms with Gasteiger partial charge in [-0.25, -0.2) is 0 Å². The van der Waals surface area contributed by atoms with Crippen LogP contribution in [0.15, 0.2) is 0 Å². The molecule has 1 aliphatic carbocycles. The largest absolute Gasteiger partial charge is 0.550 e.